The van der Waals surface area contributed by atoms with Crippen LogP contribution in [0.5, 0.6) is 0 Å². The van der Waals surface area contributed by atoms with E-state index in [1.807, 2.05) is 36.0 Å². The zero-order chi connectivity index (χ0) is 18.9. The quantitative estimate of drug-likeness (QED) is 0.734. The Balaban J connectivity index is 1.41. The molecule has 2 aliphatic rings. The van der Waals surface area contributed by atoms with Crippen molar-refractivity contribution in [3.63, 3.8) is 0 Å². The zero-order valence-corrected chi connectivity index (χ0v) is 16.4. The lowest BCUT2D eigenvalue weighted by atomic mass is 10.0. The molecule has 28 heavy (non-hydrogen) atoms. The van der Waals surface area contributed by atoms with E-state index in [4.69, 9.17) is 0 Å². The molecular weight excluding hydrogens is 368 g/mol. The number of hydrogen-bond donors (Lipinski definition) is 1. The van der Waals surface area contributed by atoms with Crippen LogP contribution >= 0.6 is 11.8 Å². The maximum Gasteiger partial charge on any atom is 0.243 e. The molecule has 0 saturated carbocycles. The zero-order valence-electron chi connectivity index (χ0n) is 15.5. The number of para-hydroxylation sites is 1. The first kappa shape index (κ1) is 17.5. The van der Waals surface area contributed by atoms with Gasteiger partial charge >= 0.3 is 0 Å². The summed E-state index contributed by atoms with van der Waals surface area (Å²) in [6, 6.07) is 16.3. The molecule has 1 fully saturated rings. The molecule has 3 aromatic rings. The molecule has 1 saturated heterocycles. The molecule has 0 bridgehead atoms. The van der Waals surface area contributed by atoms with Crippen molar-refractivity contribution in [2.24, 2.45) is 0 Å². The fraction of sp³-hybridized carbons (Fsp3) is 0.318. The Labute approximate surface area is 168 Å². The van der Waals surface area contributed by atoms with Gasteiger partial charge in [-0.05, 0) is 43.0 Å². The van der Waals surface area contributed by atoms with Crippen molar-refractivity contribution in [3.8, 4) is 0 Å². The highest BCUT2D eigenvalue weighted by molar-refractivity contribution is 7.99. The second kappa shape index (κ2) is 7.43. The third kappa shape index (κ3) is 3.11. The summed E-state index contributed by atoms with van der Waals surface area (Å²) >= 11 is 1.87. The van der Waals surface area contributed by atoms with Gasteiger partial charge in [0.1, 0.15) is 18.2 Å². The smallest absolute Gasteiger partial charge is 0.243 e. The molecule has 1 N–H and O–H groups in total. The van der Waals surface area contributed by atoms with Gasteiger partial charge in [0.15, 0.2) is 0 Å². The third-order valence-electron chi connectivity index (χ3n) is 5.62. The fourth-order valence-electron chi connectivity index (χ4n) is 4.27. The number of benzene rings is 2. The lowest BCUT2D eigenvalue weighted by Gasteiger charge is -2.30. The van der Waals surface area contributed by atoms with Gasteiger partial charge in [0.25, 0.3) is 0 Å². The summed E-state index contributed by atoms with van der Waals surface area (Å²) < 4.78 is 0. The molecule has 0 spiro atoms. The Morgan fingerprint density at radius 2 is 1.93 bits per heavy atom. The van der Waals surface area contributed by atoms with Crippen molar-refractivity contribution < 1.29 is 4.79 Å². The molecule has 0 unspecified atom stereocenters. The molecule has 1 aromatic heterocycles. The minimum atomic E-state index is -0.181. The van der Waals surface area contributed by atoms with E-state index in [-0.39, 0.29) is 18.0 Å². The van der Waals surface area contributed by atoms with Crippen LogP contribution in [0.4, 0.5) is 5.82 Å². The lowest BCUT2D eigenvalue weighted by Crippen LogP contribution is -2.45. The van der Waals surface area contributed by atoms with Crippen LogP contribution < -0.4 is 10.2 Å². The molecule has 2 atom stereocenters. The average molecular weight is 391 g/mol. The first-order valence-corrected chi connectivity index (χ1v) is 10.8. The summed E-state index contributed by atoms with van der Waals surface area (Å²) in [4.78, 5) is 25.6. The van der Waals surface area contributed by atoms with Crippen LogP contribution in [0, 0.1) is 0 Å². The molecule has 2 aliphatic heterocycles. The van der Waals surface area contributed by atoms with E-state index < -0.39 is 0 Å². The monoisotopic (exact) mass is 390 g/mol. The third-order valence-corrected chi connectivity index (χ3v) is 6.75. The normalized spacial score (nSPS) is 21.5. The van der Waals surface area contributed by atoms with Gasteiger partial charge in [0.2, 0.25) is 5.91 Å². The number of anilines is 1. The minimum Gasteiger partial charge on any atom is -0.347 e. The van der Waals surface area contributed by atoms with Gasteiger partial charge in [-0.15, -0.1) is 11.8 Å². The van der Waals surface area contributed by atoms with E-state index in [0.29, 0.717) is 0 Å². The highest BCUT2D eigenvalue weighted by Gasteiger charge is 2.34. The molecule has 142 valence electrons. The van der Waals surface area contributed by atoms with E-state index in [1.54, 1.807) is 6.33 Å². The van der Waals surface area contributed by atoms with Gasteiger partial charge in [0, 0.05) is 22.6 Å². The van der Waals surface area contributed by atoms with E-state index in [0.717, 1.165) is 48.3 Å². The van der Waals surface area contributed by atoms with Gasteiger partial charge in [-0.25, -0.2) is 9.97 Å². The van der Waals surface area contributed by atoms with Crippen molar-refractivity contribution in [1.29, 1.82) is 0 Å². The number of nitrogens with zero attached hydrogens (tertiary/aromatic N) is 3. The lowest BCUT2D eigenvalue weighted by molar-refractivity contribution is -0.123. The number of thioether (sulfide) groups is 1. The summed E-state index contributed by atoms with van der Waals surface area (Å²) in [6.45, 7) is 0.843. The molecule has 5 nitrogen and oxygen atoms in total. The number of aromatic nitrogens is 2. The molecular formula is C22H22N4OS. The highest BCUT2D eigenvalue weighted by Crippen LogP contribution is 2.36. The van der Waals surface area contributed by atoms with Crippen LogP contribution in [0.2, 0.25) is 0 Å². The van der Waals surface area contributed by atoms with E-state index >= 15 is 0 Å². The van der Waals surface area contributed by atoms with Crippen LogP contribution in [0.25, 0.3) is 10.9 Å². The highest BCUT2D eigenvalue weighted by atomic mass is 32.2. The molecule has 5 rings (SSSR count). The number of hydrogen-bond acceptors (Lipinski definition) is 5. The Morgan fingerprint density at radius 1 is 1.07 bits per heavy atom. The van der Waals surface area contributed by atoms with Crippen LogP contribution in [0.15, 0.2) is 59.8 Å². The Kier molecular flexibility index (Phi) is 4.64. The number of carbonyl (C=O) groups is 1. The van der Waals surface area contributed by atoms with Gasteiger partial charge in [-0.1, -0.05) is 30.3 Å². The van der Waals surface area contributed by atoms with Crippen LogP contribution in [0.3, 0.4) is 0 Å². The van der Waals surface area contributed by atoms with Gasteiger partial charge in [0.05, 0.1) is 11.6 Å². The van der Waals surface area contributed by atoms with E-state index in [2.05, 4.69) is 44.5 Å². The summed E-state index contributed by atoms with van der Waals surface area (Å²) in [5.41, 5.74) is 2.15. The standard InChI is InChI=1S/C22H22N4OS/c27-22(25-18-11-13-28-20-10-4-2-6-15(18)20)19-9-5-12-26(19)21-16-7-1-3-8-17(16)23-14-24-21/h1-4,6-8,10,14,18-19H,5,9,11-13H2,(H,25,27)/t18-,19+/m1/s1. The average Bonchev–Trinajstić information content (AvgIpc) is 3.23. The number of fused-ring (bicyclic) bond motifs is 2. The van der Waals surface area contributed by atoms with Gasteiger partial charge < -0.3 is 10.2 Å². The molecule has 6 heteroatoms. The largest absolute Gasteiger partial charge is 0.347 e. The number of rotatable bonds is 3. The van der Waals surface area contributed by atoms with E-state index in [1.165, 1.54) is 10.5 Å². The summed E-state index contributed by atoms with van der Waals surface area (Å²) in [5, 5.41) is 4.33. The number of nitrogens with one attached hydrogen (secondary N) is 1. The predicted octanol–water partition coefficient (Wildman–Crippen LogP) is 3.95. The van der Waals surface area contributed by atoms with Crippen molar-refractivity contribution >= 4 is 34.4 Å². The molecule has 1 amide bonds. The van der Waals surface area contributed by atoms with Crippen LogP contribution in [-0.2, 0) is 4.79 Å². The van der Waals surface area contributed by atoms with Crippen molar-refractivity contribution in [3.05, 3.63) is 60.4 Å². The van der Waals surface area contributed by atoms with Crippen LogP contribution in [-0.4, -0.2) is 34.2 Å². The fourth-order valence-corrected chi connectivity index (χ4v) is 5.40. The van der Waals surface area contributed by atoms with Crippen LogP contribution in [0.1, 0.15) is 30.9 Å². The van der Waals surface area contributed by atoms with Gasteiger partial charge in [-0.3, -0.25) is 4.79 Å². The second-order valence-corrected chi connectivity index (χ2v) is 8.44. The molecule has 0 aliphatic carbocycles. The first-order chi connectivity index (χ1) is 13.8. The molecule has 2 aromatic carbocycles. The Morgan fingerprint density at radius 3 is 2.89 bits per heavy atom. The maximum absolute atomic E-state index is 13.2. The SMILES string of the molecule is O=C(N[C@@H]1CCSc2ccccc21)[C@@H]1CCCN1c1ncnc2ccccc12. The Bertz CT molecular complexity index is 1020. The predicted molar refractivity (Wildman–Crippen MR) is 113 cm³/mol. The summed E-state index contributed by atoms with van der Waals surface area (Å²) in [5.74, 6) is 2.00. The molecule has 3 heterocycles. The topological polar surface area (TPSA) is 58.1 Å². The van der Waals surface area contributed by atoms with Crippen molar-refractivity contribution in [2.75, 3.05) is 17.2 Å². The maximum atomic E-state index is 13.2. The number of amides is 1. The summed E-state index contributed by atoms with van der Waals surface area (Å²) in [6.07, 6.45) is 4.41. The Hall–Kier alpha value is -2.60. The summed E-state index contributed by atoms with van der Waals surface area (Å²) in [7, 11) is 0. The number of carbonyl (C=O) groups excluding carboxylic acids is 1. The first-order valence-electron chi connectivity index (χ1n) is 9.80. The molecule has 0 radical (unpaired) electrons. The minimum absolute atomic E-state index is 0.0922. The van der Waals surface area contributed by atoms with E-state index in [9.17, 15) is 4.79 Å². The second-order valence-electron chi connectivity index (χ2n) is 7.30. The van der Waals surface area contributed by atoms with Crippen molar-refractivity contribution in [2.45, 2.75) is 36.2 Å². The van der Waals surface area contributed by atoms with Crippen molar-refractivity contribution in [1.82, 2.24) is 15.3 Å². The van der Waals surface area contributed by atoms with Gasteiger partial charge in [-0.2, -0.15) is 0 Å².